The number of unbranched alkanes of at least 4 members (excludes halogenated alkanes) is 1. The number of fused-ring (bicyclic) bond motifs is 1. The Bertz CT molecular complexity index is 889. The molecular weight excluding hydrogens is 354 g/mol. The van der Waals surface area contributed by atoms with Crippen LogP contribution in [0.2, 0.25) is 0 Å². The summed E-state index contributed by atoms with van der Waals surface area (Å²) >= 11 is 0. The molecule has 0 radical (unpaired) electrons. The maximum atomic E-state index is 13.0. The van der Waals surface area contributed by atoms with Crippen molar-refractivity contribution in [3.05, 3.63) is 33.9 Å². The smallest absolute Gasteiger partial charge is 0.260 e. The van der Waals surface area contributed by atoms with Crippen LogP contribution < -0.4 is 10.9 Å². The van der Waals surface area contributed by atoms with E-state index in [0.717, 1.165) is 62.6 Å². The molecule has 6 heteroatoms. The Balaban J connectivity index is 1.73. The lowest BCUT2D eigenvalue weighted by atomic mass is 9.92. The fourth-order valence-corrected chi connectivity index (χ4v) is 4.22. The number of rotatable bonds is 7. The summed E-state index contributed by atoms with van der Waals surface area (Å²) in [7, 11) is 3.64. The van der Waals surface area contributed by atoms with Crippen LogP contribution in [0.5, 0.6) is 0 Å². The molecule has 1 N–H and O–H groups in total. The molecule has 0 spiro atoms. The quantitative estimate of drug-likeness (QED) is 0.742. The van der Waals surface area contributed by atoms with Crippen LogP contribution in [0.1, 0.15) is 68.3 Å². The van der Waals surface area contributed by atoms with E-state index in [1.54, 1.807) is 17.8 Å². The molecule has 1 aliphatic rings. The summed E-state index contributed by atoms with van der Waals surface area (Å²) in [5.74, 6) is -0.147. The van der Waals surface area contributed by atoms with Gasteiger partial charge in [-0.2, -0.15) is 0 Å². The minimum Gasteiger partial charge on any atom is -0.378 e. The van der Waals surface area contributed by atoms with Crippen LogP contribution in [0.4, 0.5) is 0 Å². The van der Waals surface area contributed by atoms with Crippen LogP contribution >= 0.6 is 0 Å². The zero-order valence-electron chi connectivity index (χ0n) is 17.6. The average Bonchev–Trinajstić information content (AvgIpc) is 3.04. The number of hydrogen-bond acceptors (Lipinski definition) is 3. The molecule has 28 heavy (non-hydrogen) atoms. The summed E-state index contributed by atoms with van der Waals surface area (Å²) in [4.78, 5) is 25.7. The molecule has 0 unspecified atom stereocenters. The van der Waals surface area contributed by atoms with Gasteiger partial charge in [-0.15, -0.1) is 0 Å². The number of pyridine rings is 1. The third-order valence-electron chi connectivity index (χ3n) is 5.86. The fraction of sp³-hybridized carbons (Fsp3) is 0.636. The van der Waals surface area contributed by atoms with Crippen LogP contribution in [-0.2, 0) is 25.3 Å². The Morgan fingerprint density at radius 2 is 1.86 bits per heavy atom. The average molecular weight is 388 g/mol. The van der Waals surface area contributed by atoms with E-state index < -0.39 is 0 Å². The van der Waals surface area contributed by atoms with Gasteiger partial charge in [0.25, 0.3) is 11.5 Å². The van der Waals surface area contributed by atoms with E-state index in [0.29, 0.717) is 17.1 Å². The molecule has 0 saturated heterocycles. The molecule has 154 valence electrons. The molecule has 0 atom stereocenters. The van der Waals surface area contributed by atoms with Crippen LogP contribution in [0.3, 0.4) is 0 Å². The molecule has 2 aromatic rings. The van der Waals surface area contributed by atoms with Crippen molar-refractivity contribution in [2.75, 3.05) is 6.61 Å². The van der Waals surface area contributed by atoms with Crippen molar-refractivity contribution in [3.8, 4) is 0 Å². The summed E-state index contributed by atoms with van der Waals surface area (Å²) in [6.45, 7) is 5.06. The van der Waals surface area contributed by atoms with Crippen LogP contribution in [0.25, 0.3) is 10.9 Å². The van der Waals surface area contributed by atoms with Gasteiger partial charge in [-0.1, -0.05) is 20.3 Å². The SMILES string of the molecule is CCCCO[C@H]1CC[C@H](NC(=O)c2cn(C)c3c(CC)cn(C)c(=O)c23)CC1. The van der Waals surface area contributed by atoms with Gasteiger partial charge in [0, 0.05) is 39.1 Å². The first-order chi connectivity index (χ1) is 13.5. The molecule has 0 aliphatic heterocycles. The monoisotopic (exact) mass is 387 g/mol. The highest BCUT2D eigenvalue weighted by atomic mass is 16.5. The van der Waals surface area contributed by atoms with Crippen LogP contribution in [0.15, 0.2) is 17.2 Å². The summed E-state index contributed by atoms with van der Waals surface area (Å²) < 4.78 is 9.40. The van der Waals surface area contributed by atoms with Crippen LogP contribution in [-0.4, -0.2) is 33.8 Å². The number of aromatic nitrogens is 2. The Morgan fingerprint density at radius 1 is 1.14 bits per heavy atom. The lowest BCUT2D eigenvalue weighted by molar-refractivity contribution is 0.0209. The van der Waals surface area contributed by atoms with Gasteiger partial charge in [-0.25, -0.2) is 0 Å². The highest BCUT2D eigenvalue weighted by Gasteiger charge is 2.25. The maximum absolute atomic E-state index is 13.0. The van der Waals surface area contributed by atoms with E-state index in [1.165, 1.54) is 0 Å². The van der Waals surface area contributed by atoms with E-state index in [-0.39, 0.29) is 17.5 Å². The Labute approximate surface area is 166 Å². The highest BCUT2D eigenvalue weighted by Crippen LogP contribution is 2.24. The molecule has 0 bridgehead atoms. The van der Waals surface area contributed by atoms with Crippen LogP contribution in [0, 0.1) is 0 Å². The number of nitrogens with one attached hydrogen (secondary N) is 1. The lowest BCUT2D eigenvalue weighted by Crippen LogP contribution is -2.39. The van der Waals surface area contributed by atoms with Gasteiger partial charge < -0.3 is 19.2 Å². The van der Waals surface area contributed by atoms with E-state index in [4.69, 9.17) is 4.74 Å². The van der Waals surface area contributed by atoms with Gasteiger partial charge in [-0.05, 0) is 44.1 Å². The van der Waals surface area contributed by atoms with Crippen molar-refractivity contribution in [1.82, 2.24) is 14.5 Å². The first-order valence-corrected chi connectivity index (χ1v) is 10.6. The molecule has 1 amide bonds. The van der Waals surface area contributed by atoms with Gasteiger partial charge in [0.05, 0.1) is 22.6 Å². The van der Waals surface area contributed by atoms with E-state index >= 15 is 0 Å². The third-order valence-corrected chi connectivity index (χ3v) is 5.86. The number of ether oxygens (including phenoxy) is 1. The lowest BCUT2D eigenvalue weighted by Gasteiger charge is -2.29. The molecule has 1 saturated carbocycles. The van der Waals surface area contributed by atoms with Gasteiger partial charge in [0.15, 0.2) is 0 Å². The molecule has 2 heterocycles. The molecular formula is C22H33N3O3. The number of nitrogens with zero attached hydrogens (tertiary/aromatic N) is 2. The van der Waals surface area contributed by atoms with Crippen molar-refractivity contribution in [1.29, 1.82) is 0 Å². The normalized spacial score (nSPS) is 19.9. The van der Waals surface area contributed by atoms with Crippen molar-refractivity contribution in [3.63, 3.8) is 0 Å². The number of carbonyl (C=O) groups is 1. The second-order valence-corrected chi connectivity index (χ2v) is 7.97. The maximum Gasteiger partial charge on any atom is 0.260 e. The molecule has 2 aromatic heterocycles. The molecule has 0 aromatic carbocycles. The molecule has 1 fully saturated rings. The van der Waals surface area contributed by atoms with Gasteiger partial charge >= 0.3 is 0 Å². The highest BCUT2D eigenvalue weighted by molar-refractivity contribution is 6.07. The summed E-state index contributed by atoms with van der Waals surface area (Å²) in [6, 6.07) is 0.145. The second kappa shape index (κ2) is 8.95. The molecule has 3 rings (SSSR count). The number of hydrogen-bond donors (Lipinski definition) is 1. The fourth-order valence-electron chi connectivity index (χ4n) is 4.22. The van der Waals surface area contributed by atoms with Gasteiger partial charge in [0.2, 0.25) is 0 Å². The zero-order valence-corrected chi connectivity index (χ0v) is 17.6. The van der Waals surface area contributed by atoms with E-state index in [1.807, 2.05) is 17.8 Å². The summed E-state index contributed by atoms with van der Waals surface area (Å²) in [6.07, 6.45) is 10.8. The first-order valence-electron chi connectivity index (χ1n) is 10.6. The van der Waals surface area contributed by atoms with Crippen molar-refractivity contribution in [2.24, 2.45) is 14.1 Å². The number of carbonyl (C=O) groups excluding carboxylic acids is 1. The van der Waals surface area contributed by atoms with Crippen molar-refractivity contribution in [2.45, 2.75) is 70.9 Å². The van der Waals surface area contributed by atoms with Crippen molar-refractivity contribution >= 4 is 16.8 Å². The third kappa shape index (κ3) is 4.17. The Hall–Kier alpha value is -2.08. The van der Waals surface area contributed by atoms with E-state index in [2.05, 4.69) is 19.2 Å². The first kappa shape index (κ1) is 20.6. The summed E-state index contributed by atoms with van der Waals surface area (Å²) in [5, 5.41) is 3.68. The minimum absolute atomic E-state index is 0.119. The second-order valence-electron chi connectivity index (χ2n) is 7.97. The predicted molar refractivity (Wildman–Crippen MR) is 112 cm³/mol. The number of amides is 1. The Kier molecular flexibility index (Phi) is 6.60. The zero-order chi connectivity index (χ0) is 20.3. The molecule has 1 aliphatic carbocycles. The summed E-state index contributed by atoms with van der Waals surface area (Å²) in [5.41, 5.74) is 2.30. The van der Waals surface area contributed by atoms with Gasteiger partial charge in [0.1, 0.15) is 0 Å². The number of aryl methyl sites for hydroxylation is 3. The largest absolute Gasteiger partial charge is 0.378 e. The van der Waals surface area contributed by atoms with Gasteiger partial charge in [-0.3, -0.25) is 9.59 Å². The minimum atomic E-state index is -0.147. The topological polar surface area (TPSA) is 65.3 Å². The Morgan fingerprint density at radius 3 is 2.50 bits per heavy atom. The van der Waals surface area contributed by atoms with E-state index in [9.17, 15) is 9.59 Å². The predicted octanol–water partition coefficient (Wildman–Crippen LogP) is 3.30. The molecule has 6 nitrogen and oxygen atoms in total. The standard InChI is InChI=1S/C22H33N3O3/c1-5-7-12-28-17-10-8-16(9-11-17)23-21(26)18-14-24(3)20-15(6-2)13-25(4)22(27)19(18)20/h13-14,16-17H,5-12H2,1-4H3,(H,23,26)/t16-,17-. The van der Waals surface area contributed by atoms with Crippen molar-refractivity contribution < 1.29 is 9.53 Å².